The number of hydrogen-bond donors (Lipinski definition) is 19. The Morgan fingerprint density at radius 3 is 0.714 bits per heavy atom. The van der Waals surface area contributed by atoms with E-state index in [1.165, 1.54) is 0 Å². The molecule has 12 bridgehead atoms. The van der Waals surface area contributed by atoms with E-state index in [4.69, 9.17) is 73.0 Å². The predicted octanol–water partition coefficient (Wildman–Crippen LogP) is -13.8. The maximum atomic E-state index is 11.7. The molecule has 15 unspecified atom stereocenters. The average Bonchev–Trinajstić information content (AvgIpc) is 3.35. The molecule has 0 saturated carbocycles. The number of aliphatic hydroxyl groups excluding tert-OH is 17. The van der Waals surface area contributed by atoms with E-state index in [1.54, 1.807) is 0 Å². The highest BCUT2D eigenvalue weighted by atomic mass is 16.8. The Labute approximate surface area is 396 Å². The summed E-state index contributed by atoms with van der Waals surface area (Å²) in [6.45, 7) is -6.38. The summed E-state index contributed by atoms with van der Waals surface area (Å²) in [5.74, 6) is 0. The second-order valence-electron chi connectivity index (χ2n) is 17.7. The lowest BCUT2D eigenvalue weighted by Crippen LogP contribution is -2.69. The largest absolute Gasteiger partial charge is 0.394 e. The molecule has 0 radical (unpaired) electrons. The molecule has 0 aromatic carbocycles. The van der Waals surface area contributed by atoms with Gasteiger partial charge in [0.25, 0.3) is 0 Å². The molecule has 22 fully saturated rings. The molecule has 70 heavy (non-hydrogen) atoms. The van der Waals surface area contributed by atoms with Gasteiger partial charge < -0.3 is 160 Å². The zero-order valence-corrected chi connectivity index (χ0v) is 36.9. The fraction of sp³-hybridized carbons (Fsp3) is 1.00. The van der Waals surface area contributed by atoms with Crippen molar-refractivity contribution in [2.24, 2.45) is 11.5 Å². The fourth-order valence-electron chi connectivity index (χ4n) is 9.33. The maximum Gasteiger partial charge on any atom is 0.187 e. The van der Waals surface area contributed by atoms with Crippen LogP contribution in [-0.2, 0) is 61.6 Å². The van der Waals surface area contributed by atoms with E-state index < -0.39 is 230 Å². The van der Waals surface area contributed by atoms with Crippen LogP contribution in [0.1, 0.15) is 0 Å². The first-order valence-electron chi connectivity index (χ1n) is 22.5. The van der Waals surface area contributed by atoms with Gasteiger partial charge >= 0.3 is 0 Å². The molecular formula is C38H66N2O30. The van der Waals surface area contributed by atoms with Crippen molar-refractivity contribution in [2.45, 2.75) is 190 Å². The van der Waals surface area contributed by atoms with Crippen LogP contribution in [0.15, 0.2) is 0 Å². The lowest BCUT2D eigenvalue weighted by Gasteiger charge is -2.51. The summed E-state index contributed by atoms with van der Waals surface area (Å²) in [7, 11) is 0. The number of rotatable bonds is 9. The Hall–Kier alpha value is -1.28. The highest BCUT2D eigenvalue weighted by Gasteiger charge is 2.59. The Morgan fingerprint density at radius 1 is 0.300 bits per heavy atom. The van der Waals surface area contributed by atoms with Crippen LogP contribution in [-0.4, -0.2) is 323 Å². The first kappa shape index (κ1) is 56.4. The van der Waals surface area contributed by atoms with E-state index in [-0.39, 0.29) is 6.54 Å². The highest BCUT2D eigenvalue weighted by molar-refractivity contribution is 5.01. The van der Waals surface area contributed by atoms with Gasteiger partial charge in [0.15, 0.2) is 37.7 Å². The van der Waals surface area contributed by atoms with Crippen molar-refractivity contribution in [3.05, 3.63) is 0 Å². The summed E-state index contributed by atoms with van der Waals surface area (Å²) in [6, 6.07) is 0. The maximum absolute atomic E-state index is 11.7. The molecule has 22 heterocycles. The van der Waals surface area contributed by atoms with Gasteiger partial charge in [0, 0.05) is 6.54 Å². The Morgan fingerprint density at radius 2 is 0.500 bits per heavy atom. The molecule has 32 heteroatoms. The van der Waals surface area contributed by atoms with E-state index in [1.807, 2.05) is 0 Å². The minimum Gasteiger partial charge on any atom is -0.394 e. The molecule has 0 aliphatic carbocycles. The average molecular weight is 1030 g/mol. The summed E-state index contributed by atoms with van der Waals surface area (Å²) >= 11 is 0. The quantitative estimate of drug-likeness (QED) is 0.0954. The van der Waals surface area contributed by atoms with Gasteiger partial charge in [-0.05, 0) is 0 Å². The first-order chi connectivity index (χ1) is 33.4. The first-order valence-corrected chi connectivity index (χ1v) is 22.5. The van der Waals surface area contributed by atoms with E-state index in [2.05, 4.69) is 0 Å². The fourth-order valence-corrected chi connectivity index (χ4v) is 9.33. The lowest BCUT2D eigenvalue weighted by molar-refractivity contribution is -0.405. The van der Waals surface area contributed by atoms with Crippen molar-refractivity contribution in [3.8, 4) is 0 Å². The van der Waals surface area contributed by atoms with Gasteiger partial charge in [0.1, 0.15) is 153 Å². The third-order valence-electron chi connectivity index (χ3n) is 13.2. The molecule has 0 aromatic heterocycles. The van der Waals surface area contributed by atoms with E-state index in [0.717, 1.165) is 0 Å². The van der Waals surface area contributed by atoms with Crippen LogP contribution in [0.4, 0.5) is 0 Å². The van der Waals surface area contributed by atoms with Gasteiger partial charge in [-0.15, -0.1) is 0 Å². The highest BCUT2D eigenvalue weighted by Crippen LogP contribution is 2.38. The summed E-state index contributed by atoms with van der Waals surface area (Å²) in [4.78, 5) is 0. The number of ether oxygens (including phenoxy) is 13. The van der Waals surface area contributed by atoms with Crippen LogP contribution >= 0.6 is 0 Å². The molecule has 32 nitrogen and oxygen atoms in total. The minimum absolute atomic E-state index is 0.380. The van der Waals surface area contributed by atoms with E-state index >= 15 is 0 Å². The second-order valence-corrected chi connectivity index (χ2v) is 17.7. The summed E-state index contributed by atoms with van der Waals surface area (Å²) in [5, 5.41) is 187. The van der Waals surface area contributed by atoms with Gasteiger partial charge in [0.05, 0.1) is 39.6 Å². The normalized spacial score (nSPS) is 53.4. The molecule has 0 amide bonds. The molecule has 0 spiro atoms. The summed E-state index contributed by atoms with van der Waals surface area (Å²) in [6.07, 6.45) is -59.5. The zero-order chi connectivity index (χ0) is 51.0. The number of aliphatic hydroxyl groups is 17. The predicted molar refractivity (Wildman–Crippen MR) is 212 cm³/mol. The molecular weight excluding hydrogens is 964 g/mol. The van der Waals surface area contributed by atoms with Crippen LogP contribution in [0.3, 0.4) is 0 Å². The molecule has 21 N–H and O–H groups in total. The topological polar surface area (TPSA) is 516 Å². The van der Waals surface area contributed by atoms with Crippen molar-refractivity contribution < 1.29 is 148 Å². The Bertz CT molecular complexity index is 1610. The molecule has 408 valence electrons. The number of hydrogen-bond acceptors (Lipinski definition) is 32. The lowest BCUT2D eigenvalue weighted by atomic mass is 9.94. The molecule has 22 aliphatic heterocycles. The summed E-state index contributed by atoms with van der Waals surface area (Å²) < 4.78 is 74.7. The third kappa shape index (κ3) is 11.2. The van der Waals surface area contributed by atoms with Crippen molar-refractivity contribution >= 4 is 0 Å². The van der Waals surface area contributed by atoms with E-state index in [9.17, 15) is 86.8 Å². The SMILES string of the molecule is NCC(N)OC1C(O)[C@@H]2O[C@H](CO)C1OC1O[C@H](CO)[C@@H](O[C@H]3O[C@H](CO)[C@@H](O[C@H]4O[C@H](CO)[C@@H](O[C@H]5O[C@H](CO)[C@@H](O[C@H]6O[C@H](CO)[C@@H](O2)C(O)C6O)C(O)C5O)C(O)C4O)C(O)C3O)C(O)C1O. The van der Waals surface area contributed by atoms with Crippen LogP contribution in [0.25, 0.3) is 0 Å². The van der Waals surface area contributed by atoms with Crippen molar-refractivity contribution in [1.82, 2.24) is 0 Å². The van der Waals surface area contributed by atoms with Gasteiger partial charge in [-0.2, -0.15) is 0 Å². The van der Waals surface area contributed by atoms with Crippen LogP contribution in [0.2, 0.25) is 0 Å². The standard InChI is InChI=1S/C38H66N2O30/c39-1-14(40)64-32-25(57)38-63-13(7-46)31(32)70-37-24(56)19(51)29(11(5-44)62-37)68-35-22(54)17(49)27(9(3-42)60-35)66-33-20(52)15(47)26(8(2-41)58-33)65-34-21(53)16(48)28(10(4-43)59-34)67-36-23(55)18(50)30(69-38)12(6-45)61-36/h8-38,41-57H,1-7,39-40H2/t8-,9-,10-,11-,12-,13-,14?,15?,16?,17?,18?,19?,20?,21?,22?,23?,24?,25?,26-,27-,28-,29-,30-,31?,32?,33-,34-,35-,36-,37?,38-/m1/s1. The number of nitrogens with two attached hydrogens (primary N) is 2. The molecule has 22 aliphatic rings. The van der Waals surface area contributed by atoms with Crippen molar-refractivity contribution in [3.63, 3.8) is 0 Å². The van der Waals surface area contributed by atoms with Gasteiger partial charge in [-0.3, -0.25) is 0 Å². The smallest absolute Gasteiger partial charge is 0.187 e. The molecule has 31 atom stereocenters. The van der Waals surface area contributed by atoms with E-state index in [0.29, 0.717) is 0 Å². The summed E-state index contributed by atoms with van der Waals surface area (Å²) in [5.41, 5.74) is 11.7. The van der Waals surface area contributed by atoms with Gasteiger partial charge in [-0.1, -0.05) is 0 Å². The molecule has 22 saturated heterocycles. The van der Waals surface area contributed by atoms with Crippen molar-refractivity contribution in [2.75, 3.05) is 46.2 Å². The third-order valence-corrected chi connectivity index (χ3v) is 13.2. The van der Waals surface area contributed by atoms with Crippen molar-refractivity contribution in [1.29, 1.82) is 0 Å². The van der Waals surface area contributed by atoms with Crippen LogP contribution < -0.4 is 11.5 Å². The van der Waals surface area contributed by atoms with Gasteiger partial charge in [0.2, 0.25) is 0 Å². The molecule has 0 aromatic rings. The monoisotopic (exact) mass is 1030 g/mol. The Kier molecular flexibility index (Phi) is 19.5. The Balaban J connectivity index is 1.22. The second kappa shape index (κ2) is 24.2. The van der Waals surface area contributed by atoms with Crippen LogP contribution in [0, 0.1) is 0 Å². The zero-order valence-electron chi connectivity index (χ0n) is 36.9. The molecule has 22 rings (SSSR count). The van der Waals surface area contributed by atoms with Gasteiger partial charge in [-0.25, -0.2) is 0 Å². The minimum atomic E-state index is -2.16. The van der Waals surface area contributed by atoms with Crippen LogP contribution in [0.5, 0.6) is 0 Å².